The van der Waals surface area contributed by atoms with Crippen LogP contribution in [0.5, 0.6) is 0 Å². The van der Waals surface area contributed by atoms with E-state index in [9.17, 15) is 4.79 Å². The molecule has 1 saturated heterocycles. The molecule has 0 saturated carbocycles. The summed E-state index contributed by atoms with van der Waals surface area (Å²) in [5.41, 5.74) is -0.469. The number of fused-ring (bicyclic) bond motifs is 1. The summed E-state index contributed by atoms with van der Waals surface area (Å²) in [6.07, 6.45) is 3.08. The van der Waals surface area contributed by atoms with E-state index in [4.69, 9.17) is 4.74 Å². The molecule has 3 rings (SSSR count). The van der Waals surface area contributed by atoms with E-state index in [0.717, 1.165) is 37.1 Å². The van der Waals surface area contributed by atoms with Gasteiger partial charge < -0.3 is 24.8 Å². The number of hydrogen-bond acceptors (Lipinski definition) is 5. The normalized spacial score (nSPS) is 17.9. The zero-order valence-corrected chi connectivity index (χ0v) is 16.8. The number of aromatic nitrogens is 3. The highest BCUT2D eigenvalue weighted by atomic mass is 16.6. The topological polar surface area (TPSA) is 96.7 Å². The van der Waals surface area contributed by atoms with Crippen molar-refractivity contribution in [2.75, 3.05) is 19.6 Å². The summed E-state index contributed by atoms with van der Waals surface area (Å²) in [5, 5.41) is 15.2. The highest BCUT2D eigenvalue weighted by molar-refractivity contribution is 5.80. The lowest BCUT2D eigenvalue weighted by Crippen LogP contribution is -2.63. The van der Waals surface area contributed by atoms with Crippen LogP contribution in [0.1, 0.15) is 52.2 Å². The van der Waals surface area contributed by atoms with Crippen LogP contribution in [-0.2, 0) is 24.2 Å². The van der Waals surface area contributed by atoms with Gasteiger partial charge in [0, 0.05) is 32.6 Å². The molecule has 0 radical (unpaired) electrons. The Hall–Kier alpha value is -2.32. The Morgan fingerprint density at radius 1 is 1.30 bits per heavy atom. The van der Waals surface area contributed by atoms with Crippen LogP contribution < -0.4 is 10.6 Å². The number of ether oxygens (including phenoxy) is 1. The summed E-state index contributed by atoms with van der Waals surface area (Å²) >= 11 is 0. The quantitative estimate of drug-likeness (QED) is 0.606. The maximum Gasteiger partial charge on any atom is 0.410 e. The van der Waals surface area contributed by atoms with Crippen LogP contribution in [0.4, 0.5) is 4.79 Å². The number of aryl methyl sites for hydroxylation is 1. The molecular weight excluding hydrogens is 346 g/mol. The monoisotopic (exact) mass is 377 g/mol. The van der Waals surface area contributed by atoms with Gasteiger partial charge in [0.25, 0.3) is 0 Å². The van der Waals surface area contributed by atoms with Crippen LogP contribution in [0.2, 0.25) is 0 Å². The van der Waals surface area contributed by atoms with E-state index < -0.39 is 5.60 Å². The maximum atomic E-state index is 12.0. The zero-order chi connectivity index (χ0) is 19.4. The third kappa shape index (κ3) is 5.11. The number of guanidine groups is 1. The molecule has 0 aromatic carbocycles. The van der Waals surface area contributed by atoms with Crippen LogP contribution in [0.3, 0.4) is 0 Å². The van der Waals surface area contributed by atoms with Crippen molar-refractivity contribution in [2.24, 2.45) is 4.99 Å². The number of hydrogen-bond donors (Lipinski definition) is 2. The Bertz CT molecular complexity index is 686. The second-order valence-electron chi connectivity index (χ2n) is 8.06. The minimum absolute atomic E-state index is 0.169. The van der Waals surface area contributed by atoms with Crippen molar-refractivity contribution < 1.29 is 9.53 Å². The van der Waals surface area contributed by atoms with E-state index in [-0.39, 0.29) is 12.1 Å². The van der Waals surface area contributed by atoms with Crippen molar-refractivity contribution in [3.05, 3.63) is 11.6 Å². The van der Waals surface area contributed by atoms with Gasteiger partial charge >= 0.3 is 6.09 Å². The molecule has 27 heavy (non-hydrogen) atoms. The second-order valence-corrected chi connectivity index (χ2v) is 8.06. The fourth-order valence-electron chi connectivity index (χ4n) is 3.19. The summed E-state index contributed by atoms with van der Waals surface area (Å²) in [7, 11) is 0. The smallest absolute Gasteiger partial charge is 0.410 e. The van der Waals surface area contributed by atoms with Crippen LogP contribution in [0.25, 0.3) is 0 Å². The van der Waals surface area contributed by atoms with E-state index >= 15 is 0 Å². The lowest BCUT2D eigenvalue weighted by molar-refractivity contribution is 0.00701. The number of carbonyl (C=O) groups excluding carboxylic acids is 1. The minimum atomic E-state index is -0.469. The van der Waals surface area contributed by atoms with E-state index in [2.05, 4.69) is 30.4 Å². The van der Waals surface area contributed by atoms with E-state index in [1.165, 1.54) is 12.8 Å². The van der Waals surface area contributed by atoms with Gasteiger partial charge in [-0.05, 0) is 40.5 Å². The van der Waals surface area contributed by atoms with Crippen LogP contribution >= 0.6 is 0 Å². The first-order valence-electron chi connectivity index (χ1n) is 9.79. The minimum Gasteiger partial charge on any atom is -0.444 e. The van der Waals surface area contributed by atoms with Crippen molar-refractivity contribution in [2.45, 2.75) is 71.7 Å². The largest absolute Gasteiger partial charge is 0.444 e. The molecule has 1 aromatic rings. The van der Waals surface area contributed by atoms with Gasteiger partial charge in [-0.3, -0.25) is 0 Å². The van der Waals surface area contributed by atoms with Crippen molar-refractivity contribution >= 4 is 12.1 Å². The van der Waals surface area contributed by atoms with Gasteiger partial charge in [0.15, 0.2) is 11.8 Å². The number of amides is 1. The molecular formula is C18H31N7O2. The van der Waals surface area contributed by atoms with Crippen molar-refractivity contribution in [1.29, 1.82) is 0 Å². The number of likely N-dealkylation sites (tertiary alicyclic amines) is 1. The van der Waals surface area contributed by atoms with Crippen LogP contribution in [0.15, 0.2) is 4.99 Å². The van der Waals surface area contributed by atoms with Gasteiger partial charge in [0.1, 0.15) is 18.0 Å². The Labute approximate surface area is 160 Å². The lowest BCUT2D eigenvalue weighted by atomic mass is 10.1. The first kappa shape index (κ1) is 19.4. The van der Waals surface area contributed by atoms with Gasteiger partial charge in [-0.25, -0.2) is 9.79 Å². The standard InChI is InChI=1S/C18H31N7O2/c1-5-19-16(20-10-15-23-22-14-8-6-7-9-25(14)15)21-13-11-24(12-13)17(26)27-18(2,3)4/h13H,5-12H2,1-4H3,(H2,19,20,21). The Kier molecular flexibility index (Phi) is 5.86. The predicted octanol–water partition coefficient (Wildman–Crippen LogP) is 1.29. The van der Waals surface area contributed by atoms with Gasteiger partial charge in [-0.1, -0.05) is 0 Å². The van der Waals surface area contributed by atoms with Crippen LogP contribution in [0, 0.1) is 0 Å². The number of nitrogens with one attached hydrogen (secondary N) is 2. The molecule has 0 atom stereocenters. The fourth-order valence-corrected chi connectivity index (χ4v) is 3.19. The van der Waals surface area contributed by atoms with E-state index in [0.29, 0.717) is 19.6 Å². The van der Waals surface area contributed by atoms with Crippen LogP contribution in [-0.4, -0.2) is 63.0 Å². The number of rotatable bonds is 4. The molecule has 2 aliphatic heterocycles. The maximum absolute atomic E-state index is 12.0. The number of nitrogens with zero attached hydrogens (tertiary/aromatic N) is 5. The van der Waals surface area contributed by atoms with Gasteiger partial charge in [0.05, 0.1) is 6.04 Å². The van der Waals surface area contributed by atoms with E-state index in [1.54, 1.807) is 4.90 Å². The summed E-state index contributed by atoms with van der Waals surface area (Å²) in [4.78, 5) is 18.4. The lowest BCUT2D eigenvalue weighted by Gasteiger charge is -2.40. The van der Waals surface area contributed by atoms with Crippen molar-refractivity contribution in [3.63, 3.8) is 0 Å². The molecule has 0 aliphatic carbocycles. The predicted molar refractivity (Wildman–Crippen MR) is 103 cm³/mol. The average molecular weight is 377 g/mol. The number of carbonyl (C=O) groups is 1. The number of aliphatic imine (C=N–C) groups is 1. The van der Waals surface area contributed by atoms with Gasteiger partial charge in [-0.2, -0.15) is 0 Å². The second kappa shape index (κ2) is 8.14. The Morgan fingerprint density at radius 2 is 2.07 bits per heavy atom. The molecule has 2 N–H and O–H groups in total. The van der Waals surface area contributed by atoms with Crippen molar-refractivity contribution in [1.82, 2.24) is 30.3 Å². The van der Waals surface area contributed by atoms with Gasteiger partial charge in [-0.15, -0.1) is 10.2 Å². The third-order valence-electron chi connectivity index (χ3n) is 4.53. The molecule has 0 bridgehead atoms. The van der Waals surface area contributed by atoms with E-state index in [1.807, 2.05) is 27.7 Å². The molecule has 2 aliphatic rings. The molecule has 9 heteroatoms. The Morgan fingerprint density at radius 3 is 2.78 bits per heavy atom. The first-order valence-corrected chi connectivity index (χ1v) is 9.79. The average Bonchev–Trinajstić information content (AvgIpc) is 2.97. The molecule has 3 heterocycles. The summed E-state index contributed by atoms with van der Waals surface area (Å²) in [5.74, 6) is 2.71. The molecule has 150 valence electrons. The zero-order valence-electron chi connectivity index (χ0n) is 16.8. The molecule has 0 unspecified atom stereocenters. The molecule has 1 amide bonds. The third-order valence-corrected chi connectivity index (χ3v) is 4.53. The molecule has 0 spiro atoms. The summed E-state index contributed by atoms with van der Waals surface area (Å²) < 4.78 is 7.57. The fraction of sp³-hybridized carbons (Fsp3) is 0.778. The van der Waals surface area contributed by atoms with Crippen molar-refractivity contribution in [3.8, 4) is 0 Å². The SMILES string of the molecule is CCNC(=NCc1nnc2n1CCCC2)NC1CN(C(=O)OC(C)(C)C)C1. The molecule has 1 fully saturated rings. The highest BCUT2D eigenvalue weighted by Gasteiger charge is 2.34. The Balaban J connectivity index is 1.52. The summed E-state index contributed by atoms with van der Waals surface area (Å²) in [6, 6.07) is 0.169. The first-order chi connectivity index (χ1) is 12.9. The summed E-state index contributed by atoms with van der Waals surface area (Å²) in [6.45, 7) is 11.1. The molecule has 9 nitrogen and oxygen atoms in total. The highest BCUT2D eigenvalue weighted by Crippen LogP contribution is 2.16. The van der Waals surface area contributed by atoms with Gasteiger partial charge in [0.2, 0.25) is 0 Å². The molecule has 1 aromatic heterocycles.